The van der Waals surface area contributed by atoms with Crippen molar-refractivity contribution >= 4 is 29.0 Å². The molecule has 0 spiro atoms. The highest BCUT2D eigenvalue weighted by Crippen LogP contribution is 2.21. The Hall–Kier alpha value is -3.12. The van der Waals surface area contributed by atoms with E-state index in [2.05, 4.69) is 20.6 Å². The average molecular weight is 383 g/mol. The summed E-state index contributed by atoms with van der Waals surface area (Å²) in [5, 5.41) is 6.37. The predicted octanol–water partition coefficient (Wildman–Crippen LogP) is 4.05. The van der Waals surface area contributed by atoms with Crippen molar-refractivity contribution in [3.8, 4) is 5.75 Å². The molecule has 1 heterocycles. The second kappa shape index (κ2) is 9.00. The molecule has 3 aromatic rings. The Bertz CT molecular complexity index is 916. The van der Waals surface area contributed by atoms with Crippen molar-refractivity contribution < 1.29 is 9.53 Å². The number of nitrogens with one attached hydrogen (secondary N) is 2. The molecule has 0 unspecified atom stereocenters. The number of benzene rings is 2. The zero-order valence-corrected chi connectivity index (χ0v) is 15.5. The van der Waals surface area contributed by atoms with E-state index < -0.39 is 0 Å². The van der Waals surface area contributed by atoms with Crippen molar-refractivity contribution in [3.05, 3.63) is 77.2 Å². The van der Waals surface area contributed by atoms with Gasteiger partial charge < -0.3 is 15.4 Å². The summed E-state index contributed by atoms with van der Waals surface area (Å²) in [7, 11) is 1.65. The zero-order chi connectivity index (χ0) is 19.1. The molecule has 27 heavy (non-hydrogen) atoms. The van der Waals surface area contributed by atoms with E-state index in [1.807, 2.05) is 24.3 Å². The third-order valence-corrected chi connectivity index (χ3v) is 4.19. The van der Waals surface area contributed by atoms with E-state index in [0.29, 0.717) is 23.1 Å². The molecule has 0 fully saturated rings. The van der Waals surface area contributed by atoms with Gasteiger partial charge in [-0.25, -0.2) is 9.97 Å². The van der Waals surface area contributed by atoms with E-state index in [1.165, 1.54) is 12.4 Å². The number of carbonyl (C=O) groups is 1. The average Bonchev–Trinajstić information content (AvgIpc) is 2.70. The lowest BCUT2D eigenvalue weighted by Gasteiger charge is -2.08. The Labute approximate surface area is 162 Å². The number of carbonyl (C=O) groups excluding carboxylic acids is 1. The molecule has 1 aromatic heterocycles. The lowest BCUT2D eigenvalue weighted by Crippen LogP contribution is -2.15. The van der Waals surface area contributed by atoms with Gasteiger partial charge in [0.15, 0.2) is 0 Å². The second-order valence-electron chi connectivity index (χ2n) is 5.75. The molecular weight excluding hydrogens is 364 g/mol. The van der Waals surface area contributed by atoms with E-state index in [0.717, 1.165) is 17.7 Å². The lowest BCUT2D eigenvalue weighted by atomic mass is 10.1. The summed E-state index contributed by atoms with van der Waals surface area (Å²) in [6.45, 7) is 0.688. The summed E-state index contributed by atoms with van der Waals surface area (Å²) < 4.78 is 5.22. The van der Waals surface area contributed by atoms with Gasteiger partial charge in [0.2, 0.25) is 0 Å². The lowest BCUT2D eigenvalue weighted by molar-refractivity contribution is 0.102. The van der Waals surface area contributed by atoms with Crippen LogP contribution in [-0.4, -0.2) is 29.5 Å². The number of amides is 1. The molecule has 0 saturated carbocycles. The van der Waals surface area contributed by atoms with Gasteiger partial charge in [-0.1, -0.05) is 35.9 Å². The van der Waals surface area contributed by atoms with Gasteiger partial charge in [0.25, 0.3) is 5.91 Å². The molecular formula is C20H19ClN4O2. The zero-order valence-electron chi connectivity index (χ0n) is 14.8. The maximum Gasteiger partial charge on any atom is 0.275 e. The maximum atomic E-state index is 12.2. The van der Waals surface area contributed by atoms with Crippen molar-refractivity contribution in [2.75, 3.05) is 24.3 Å². The Balaban J connectivity index is 1.53. The molecule has 6 nitrogen and oxygen atoms in total. The van der Waals surface area contributed by atoms with E-state index in [4.69, 9.17) is 16.3 Å². The predicted molar refractivity (Wildman–Crippen MR) is 107 cm³/mol. The number of rotatable bonds is 7. The van der Waals surface area contributed by atoms with Crippen molar-refractivity contribution in [1.29, 1.82) is 0 Å². The summed E-state index contributed by atoms with van der Waals surface area (Å²) in [6, 6.07) is 14.9. The number of hydrogen-bond donors (Lipinski definition) is 2. The fraction of sp³-hybridized carbons (Fsp3) is 0.150. The van der Waals surface area contributed by atoms with Gasteiger partial charge in [0.05, 0.1) is 30.2 Å². The number of para-hydroxylation sites is 1. The number of methoxy groups -OCH3 is 1. The van der Waals surface area contributed by atoms with Crippen molar-refractivity contribution in [2.45, 2.75) is 6.42 Å². The van der Waals surface area contributed by atoms with Crippen molar-refractivity contribution in [3.63, 3.8) is 0 Å². The topological polar surface area (TPSA) is 76.1 Å². The minimum Gasteiger partial charge on any atom is -0.497 e. The molecule has 0 aliphatic carbocycles. The van der Waals surface area contributed by atoms with E-state index in [9.17, 15) is 4.79 Å². The highest BCUT2D eigenvalue weighted by Gasteiger charge is 2.10. The molecule has 0 saturated heterocycles. The van der Waals surface area contributed by atoms with Gasteiger partial charge in [-0.2, -0.15) is 0 Å². The molecule has 2 N–H and O–H groups in total. The summed E-state index contributed by atoms with van der Waals surface area (Å²) >= 11 is 6.04. The number of anilines is 2. The van der Waals surface area contributed by atoms with Crippen molar-refractivity contribution in [2.24, 2.45) is 0 Å². The molecule has 2 aromatic carbocycles. The van der Waals surface area contributed by atoms with Gasteiger partial charge in [-0.3, -0.25) is 4.79 Å². The van der Waals surface area contributed by atoms with Gasteiger partial charge in [-0.05, 0) is 36.2 Å². The molecule has 3 rings (SSSR count). The minimum absolute atomic E-state index is 0.216. The van der Waals surface area contributed by atoms with Gasteiger partial charge >= 0.3 is 0 Å². The monoisotopic (exact) mass is 382 g/mol. The number of nitrogens with zero attached hydrogens (tertiary/aromatic N) is 2. The first-order valence-corrected chi connectivity index (χ1v) is 8.78. The van der Waals surface area contributed by atoms with Crippen LogP contribution in [0, 0.1) is 0 Å². The van der Waals surface area contributed by atoms with Crippen LogP contribution < -0.4 is 15.4 Å². The Kier molecular flexibility index (Phi) is 6.22. The fourth-order valence-corrected chi connectivity index (χ4v) is 2.63. The summed E-state index contributed by atoms with van der Waals surface area (Å²) in [5.41, 5.74) is 1.91. The maximum absolute atomic E-state index is 12.2. The fourth-order valence-electron chi connectivity index (χ4n) is 2.45. The number of ether oxygens (including phenoxy) is 1. The van der Waals surface area contributed by atoms with E-state index in [-0.39, 0.29) is 11.6 Å². The third-order valence-electron chi connectivity index (χ3n) is 3.86. The standard InChI is InChI=1S/C20H19ClN4O2/c1-27-15-6-4-5-14(11-15)9-10-22-19-13-23-18(12-24-19)20(26)25-17-8-3-2-7-16(17)21/h2-8,11-13H,9-10H2,1H3,(H,22,24)(H,25,26). The number of halogens is 1. The summed E-state index contributed by atoms with van der Waals surface area (Å²) in [6.07, 6.45) is 3.78. The van der Waals surface area contributed by atoms with E-state index >= 15 is 0 Å². The first-order chi connectivity index (χ1) is 13.2. The largest absolute Gasteiger partial charge is 0.497 e. The van der Waals surface area contributed by atoms with Crippen LogP contribution in [0.15, 0.2) is 60.9 Å². The quantitative estimate of drug-likeness (QED) is 0.644. The normalized spacial score (nSPS) is 10.3. The SMILES string of the molecule is COc1cccc(CCNc2cnc(C(=O)Nc3ccccc3Cl)cn2)c1. The van der Waals surface area contributed by atoms with Gasteiger partial charge in [-0.15, -0.1) is 0 Å². The minimum atomic E-state index is -0.362. The van der Waals surface area contributed by atoms with Crippen LogP contribution in [0.3, 0.4) is 0 Å². The highest BCUT2D eigenvalue weighted by molar-refractivity contribution is 6.33. The second-order valence-corrected chi connectivity index (χ2v) is 6.16. The Morgan fingerprint density at radius 3 is 2.70 bits per heavy atom. The summed E-state index contributed by atoms with van der Waals surface area (Å²) in [5.74, 6) is 1.08. The van der Waals surface area contributed by atoms with Crippen LogP contribution in [0.4, 0.5) is 11.5 Å². The molecule has 0 radical (unpaired) electrons. The summed E-state index contributed by atoms with van der Waals surface area (Å²) in [4.78, 5) is 20.6. The van der Waals surface area contributed by atoms with Crippen molar-refractivity contribution in [1.82, 2.24) is 9.97 Å². The number of hydrogen-bond acceptors (Lipinski definition) is 5. The molecule has 1 amide bonds. The molecule has 0 aliphatic heterocycles. The molecule has 0 aliphatic rings. The van der Waals surface area contributed by atoms with Crippen LogP contribution in [0.2, 0.25) is 5.02 Å². The van der Waals surface area contributed by atoms with Gasteiger partial charge in [0, 0.05) is 6.54 Å². The van der Waals surface area contributed by atoms with Crippen LogP contribution in [0.5, 0.6) is 5.75 Å². The smallest absolute Gasteiger partial charge is 0.275 e. The molecule has 7 heteroatoms. The first-order valence-electron chi connectivity index (χ1n) is 8.40. The van der Waals surface area contributed by atoms with Crippen LogP contribution in [0.25, 0.3) is 0 Å². The van der Waals surface area contributed by atoms with E-state index in [1.54, 1.807) is 31.4 Å². The Morgan fingerprint density at radius 2 is 1.96 bits per heavy atom. The number of aromatic nitrogens is 2. The molecule has 0 atom stereocenters. The highest BCUT2D eigenvalue weighted by atomic mass is 35.5. The third kappa shape index (κ3) is 5.18. The van der Waals surface area contributed by atoms with Gasteiger partial charge in [0.1, 0.15) is 17.3 Å². The molecule has 138 valence electrons. The van der Waals surface area contributed by atoms with Crippen LogP contribution in [0.1, 0.15) is 16.1 Å². The molecule has 0 bridgehead atoms. The van der Waals surface area contributed by atoms with Crippen LogP contribution in [-0.2, 0) is 6.42 Å². The first kappa shape index (κ1) is 18.7. The Morgan fingerprint density at radius 1 is 1.11 bits per heavy atom. The van der Waals surface area contributed by atoms with Crippen LogP contribution >= 0.6 is 11.6 Å².